The molecule has 0 aliphatic carbocycles. The first-order valence-corrected chi connectivity index (χ1v) is 8.79. The molecule has 0 saturated heterocycles. The molecule has 0 radical (unpaired) electrons. The second-order valence-corrected chi connectivity index (χ2v) is 6.57. The Morgan fingerprint density at radius 2 is 1.95 bits per heavy atom. The minimum Gasteiger partial charge on any atom is -0.464 e. The van der Waals surface area contributed by atoms with Gasteiger partial charge in [-0.2, -0.15) is 15.0 Å². The minimum atomic E-state index is 0.315. The topological polar surface area (TPSA) is 85.7 Å². The third-order valence-corrected chi connectivity index (χ3v) is 4.76. The molecule has 20 heavy (non-hydrogen) atoms. The lowest BCUT2D eigenvalue weighted by molar-refractivity contribution is 0.308. The summed E-state index contributed by atoms with van der Waals surface area (Å²) in [5.41, 5.74) is 0. The first-order valence-electron chi connectivity index (χ1n) is 5.93. The number of thioether (sulfide) groups is 1. The van der Waals surface area contributed by atoms with Crippen LogP contribution in [0.15, 0.2) is 13.8 Å². The van der Waals surface area contributed by atoms with E-state index in [2.05, 4.69) is 30.5 Å². The zero-order valence-electron chi connectivity index (χ0n) is 11.3. The summed E-state index contributed by atoms with van der Waals surface area (Å²) in [6.07, 6.45) is 1.97. The van der Waals surface area contributed by atoms with Gasteiger partial charge in [-0.1, -0.05) is 23.1 Å². The molecular weight excluding hydrogens is 316 g/mol. The van der Waals surface area contributed by atoms with Crippen molar-refractivity contribution in [3.05, 3.63) is 0 Å². The van der Waals surface area contributed by atoms with Crippen molar-refractivity contribution >= 4 is 40.8 Å². The van der Waals surface area contributed by atoms with Crippen LogP contribution >= 0.6 is 34.9 Å². The van der Waals surface area contributed by atoms with Crippen LogP contribution in [0.3, 0.4) is 0 Å². The van der Waals surface area contributed by atoms with E-state index in [0.717, 1.165) is 15.2 Å². The summed E-state index contributed by atoms with van der Waals surface area (Å²) in [5.74, 6) is 0.503. The average molecular weight is 330 g/mol. The Morgan fingerprint density at radius 1 is 1.15 bits per heavy atom. The fourth-order valence-electron chi connectivity index (χ4n) is 1.21. The fraction of sp³-hybridized carbons (Fsp3) is 0.500. The van der Waals surface area contributed by atoms with E-state index in [1.807, 2.05) is 20.1 Å². The van der Waals surface area contributed by atoms with E-state index < -0.39 is 0 Å². The molecule has 0 bridgehead atoms. The standard InChI is InChI=1S/C10H14N6OS3/c1-4-11-6-12-7(17-5-2)14-8(13-6)19-10-16-15-9(18-3)20-10/h4-5H2,1-3H3,(H,11,12,13,14). The highest BCUT2D eigenvalue weighted by Gasteiger charge is 2.11. The molecule has 0 aliphatic heterocycles. The molecule has 0 fully saturated rings. The number of hydrogen-bond acceptors (Lipinski definition) is 10. The molecule has 2 aromatic rings. The second-order valence-electron chi connectivity index (χ2n) is 3.33. The van der Waals surface area contributed by atoms with Crippen LogP contribution in [0.5, 0.6) is 6.01 Å². The zero-order chi connectivity index (χ0) is 14.4. The summed E-state index contributed by atoms with van der Waals surface area (Å²) in [6, 6.07) is 0.315. The SMILES string of the molecule is CCNc1nc(OCC)nc(Sc2nnc(SC)s2)n1. The largest absolute Gasteiger partial charge is 0.464 e. The van der Waals surface area contributed by atoms with Crippen LogP contribution in [-0.2, 0) is 0 Å². The van der Waals surface area contributed by atoms with E-state index in [4.69, 9.17) is 4.74 Å². The molecule has 0 atom stereocenters. The summed E-state index contributed by atoms with van der Waals surface area (Å²) < 4.78 is 7.06. The first-order chi connectivity index (χ1) is 9.75. The smallest absolute Gasteiger partial charge is 0.322 e. The van der Waals surface area contributed by atoms with Gasteiger partial charge in [-0.3, -0.25) is 0 Å². The molecule has 0 spiro atoms. The van der Waals surface area contributed by atoms with Crippen molar-refractivity contribution in [3.63, 3.8) is 0 Å². The van der Waals surface area contributed by atoms with Gasteiger partial charge in [0.1, 0.15) is 0 Å². The van der Waals surface area contributed by atoms with Gasteiger partial charge in [0.25, 0.3) is 0 Å². The summed E-state index contributed by atoms with van der Waals surface area (Å²) in [6.45, 7) is 5.11. The Morgan fingerprint density at radius 3 is 2.60 bits per heavy atom. The van der Waals surface area contributed by atoms with Gasteiger partial charge in [0, 0.05) is 6.54 Å². The van der Waals surface area contributed by atoms with Gasteiger partial charge < -0.3 is 10.1 Å². The molecule has 0 saturated carbocycles. The van der Waals surface area contributed by atoms with Gasteiger partial charge in [0.2, 0.25) is 11.1 Å². The number of nitrogens with one attached hydrogen (secondary N) is 1. The number of nitrogens with zero attached hydrogens (tertiary/aromatic N) is 5. The predicted molar refractivity (Wildman–Crippen MR) is 81.0 cm³/mol. The van der Waals surface area contributed by atoms with Crippen LogP contribution in [0, 0.1) is 0 Å². The highest BCUT2D eigenvalue weighted by atomic mass is 32.2. The summed E-state index contributed by atoms with van der Waals surface area (Å²) in [5, 5.41) is 11.7. The van der Waals surface area contributed by atoms with E-state index in [9.17, 15) is 0 Å². The van der Waals surface area contributed by atoms with Gasteiger partial charge in [0.15, 0.2) is 8.68 Å². The molecule has 0 amide bonds. The van der Waals surface area contributed by atoms with Crippen molar-refractivity contribution in [1.29, 1.82) is 0 Å². The number of ether oxygens (including phenoxy) is 1. The van der Waals surface area contributed by atoms with Crippen molar-refractivity contribution in [1.82, 2.24) is 25.1 Å². The molecule has 2 rings (SSSR count). The molecule has 0 aliphatic rings. The van der Waals surface area contributed by atoms with E-state index in [0.29, 0.717) is 23.7 Å². The van der Waals surface area contributed by atoms with Gasteiger partial charge in [-0.25, -0.2) is 0 Å². The van der Waals surface area contributed by atoms with Crippen molar-refractivity contribution < 1.29 is 4.74 Å². The number of rotatable bonds is 7. The van der Waals surface area contributed by atoms with E-state index in [1.54, 1.807) is 11.8 Å². The van der Waals surface area contributed by atoms with E-state index in [-0.39, 0.29) is 0 Å². The van der Waals surface area contributed by atoms with Crippen molar-refractivity contribution in [2.45, 2.75) is 27.7 Å². The molecule has 10 heteroatoms. The molecule has 2 aromatic heterocycles. The quantitative estimate of drug-likeness (QED) is 0.769. The maximum Gasteiger partial charge on any atom is 0.322 e. The van der Waals surface area contributed by atoms with Crippen LogP contribution in [-0.4, -0.2) is 44.6 Å². The van der Waals surface area contributed by atoms with Gasteiger partial charge in [0.05, 0.1) is 6.61 Å². The van der Waals surface area contributed by atoms with Crippen molar-refractivity contribution in [3.8, 4) is 6.01 Å². The predicted octanol–water partition coefficient (Wildman–Crippen LogP) is 2.43. The maximum absolute atomic E-state index is 5.35. The van der Waals surface area contributed by atoms with Crippen molar-refractivity contribution in [2.24, 2.45) is 0 Å². The number of aromatic nitrogens is 5. The highest BCUT2D eigenvalue weighted by Crippen LogP contribution is 2.31. The lowest BCUT2D eigenvalue weighted by Crippen LogP contribution is -2.07. The first kappa shape index (κ1) is 15.3. The highest BCUT2D eigenvalue weighted by molar-refractivity contribution is 8.02. The minimum absolute atomic E-state index is 0.315. The number of hydrogen-bond donors (Lipinski definition) is 1. The normalized spacial score (nSPS) is 10.6. The summed E-state index contributed by atoms with van der Waals surface area (Å²) >= 11 is 4.43. The van der Waals surface area contributed by atoms with Crippen LogP contribution in [0.2, 0.25) is 0 Å². The lowest BCUT2D eigenvalue weighted by atomic mass is 10.7. The Labute approximate surface area is 129 Å². The van der Waals surface area contributed by atoms with Crippen LogP contribution in [0.4, 0.5) is 5.95 Å². The van der Waals surface area contributed by atoms with Gasteiger partial charge in [-0.15, -0.1) is 10.2 Å². The molecule has 0 unspecified atom stereocenters. The third kappa shape index (κ3) is 4.18. The average Bonchev–Trinajstić information content (AvgIpc) is 2.87. The Kier molecular flexibility index (Phi) is 5.80. The van der Waals surface area contributed by atoms with Gasteiger partial charge in [-0.05, 0) is 31.9 Å². The third-order valence-electron chi connectivity index (χ3n) is 1.94. The Bertz CT molecular complexity index is 539. The molecule has 2 heterocycles. The summed E-state index contributed by atoms with van der Waals surface area (Å²) in [4.78, 5) is 12.7. The second kappa shape index (κ2) is 7.60. The Balaban J connectivity index is 2.20. The van der Waals surface area contributed by atoms with Crippen LogP contribution in [0.1, 0.15) is 13.8 Å². The van der Waals surface area contributed by atoms with Crippen molar-refractivity contribution in [2.75, 3.05) is 24.7 Å². The summed E-state index contributed by atoms with van der Waals surface area (Å²) in [7, 11) is 0. The monoisotopic (exact) mass is 330 g/mol. The van der Waals surface area contributed by atoms with Crippen LogP contribution < -0.4 is 10.1 Å². The zero-order valence-corrected chi connectivity index (χ0v) is 13.7. The Hall–Kier alpha value is -1.13. The van der Waals surface area contributed by atoms with E-state index in [1.165, 1.54) is 23.1 Å². The van der Waals surface area contributed by atoms with Crippen LogP contribution in [0.25, 0.3) is 0 Å². The molecule has 7 nitrogen and oxygen atoms in total. The van der Waals surface area contributed by atoms with E-state index >= 15 is 0 Å². The fourth-order valence-corrected chi connectivity index (χ4v) is 3.50. The number of anilines is 1. The molecule has 0 aromatic carbocycles. The lowest BCUT2D eigenvalue weighted by Gasteiger charge is -2.06. The van der Waals surface area contributed by atoms with Gasteiger partial charge >= 0.3 is 6.01 Å². The molecule has 108 valence electrons. The molecular formula is C10H14N6OS3. The molecule has 1 N–H and O–H groups in total. The maximum atomic E-state index is 5.35.